The van der Waals surface area contributed by atoms with Crippen molar-refractivity contribution >= 4 is 23.0 Å². The molecule has 0 saturated heterocycles. The topological polar surface area (TPSA) is 94.8 Å². The highest BCUT2D eigenvalue weighted by Gasteiger charge is 2.16. The number of nitrogens with one attached hydrogen (secondary N) is 1. The molecule has 2 aromatic carbocycles. The number of hydrogen-bond donors (Lipinski definition) is 1. The van der Waals surface area contributed by atoms with Crippen molar-refractivity contribution in [1.29, 1.82) is 0 Å². The molecule has 1 amide bonds. The van der Waals surface area contributed by atoms with Gasteiger partial charge in [0.1, 0.15) is 0 Å². The van der Waals surface area contributed by atoms with E-state index in [-0.39, 0.29) is 11.5 Å². The molecule has 0 aliphatic heterocycles. The van der Waals surface area contributed by atoms with E-state index in [1.807, 2.05) is 12.1 Å². The number of hydrogen-bond acceptors (Lipinski definition) is 6. The summed E-state index contributed by atoms with van der Waals surface area (Å²) in [5.74, 6) is 0.724. The Bertz CT molecular complexity index is 1300. The second-order valence-electron chi connectivity index (χ2n) is 6.79. The van der Waals surface area contributed by atoms with Crippen LogP contribution in [0.1, 0.15) is 27.8 Å². The number of fused-ring (bicyclic) bond motifs is 1. The standard InChI is InChI=1S/C23H20N4O4/c1-14(28)15-5-4-6-17(11-15)25-23(29)18-13-22-24-10-9-19(27(22)26-18)16-7-8-20(30-2)21(12-16)31-3/h4-13H,1-3H3,(H,25,29). The van der Waals surface area contributed by atoms with Gasteiger partial charge in [-0.3, -0.25) is 9.59 Å². The number of methoxy groups -OCH3 is 2. The van der Waals surface area contributed by atoms with Gasteiger partial charge in [-0.2, -0.15) is 5.10 Å². The van der Waals surface area contributed by atoms with E-state index < -0.39 is 5.91 Å². The van der Waals surface area contributed by atoms with E-state index in [0.29, 0.717) is 28.4 Å². The zero-order valence-electron chi connectivity index (χ0n) is 17.2. The molecule has 31 heavy (non-hydrogen) atoms. The van der Waals surface area contributed by atoms with Crippen LogP contribution in [0.4, 0.5) is 5.69 Å². The second-order valence-corrected chi connectivity index (χ2v) is 6.79. The Kier molecular flexibility index (Phi) is 5.36. The monoisotopic (exact) mass is 416 g/mol. The molecule has 0 radical (unpaired) electrons. The van der Waals surface area contributed by atoms with E-state index in [0.717, 1.165) is 11.3 Å². The zero-order valence-corrected chi connectivity index (χ0v) is 17.2. The van der Waals surface area contributed by atoms with Crippen LogP contribution in [0.5, 0.6) is 11.5 Å². The first-order valence-electron chi connectivity index (χ1n) is 9.49. The fraction of sp³-hybridized carbons (Fsp3) is 0.130. The van der Waals surface area contributed by atoms with E-state index in [4.69, 9.17) is 9.47 Å². The molecule has 0 aliphatic rings. The molecule has 2 aromatic heterocycles. The van der Waals surface area contributed by atoms with Gasteiger partial charge in [0.2, 0.25) is 0 Å². The van der Waals surface area contributed by atoms with Crippen LogP contribution in [0, 0.1) is 0 Å². The summed E-state index contributed by atoms with van der Waals surface area (Å²) in [6.45, 7) is 1.48. The number of nitrogens with zero attached hydrogens (tertiary/aromatic N) is 3. The Balaban J connectivity index is 1.68. The van der Waals surface area contributed by atoms with Gasteiger partial charge in [-0.15, -0.1) is 0 Å². The first-order valence-corrected chi connectivity index (χ1v) is 9.49. The van der Waals surface area contributed by atoms with Crippen LogP contribution in [0.15, 0.2) is 60.8 Å². The minimum absolute atomic E-state index is 0.0763. The van der Waals surface area contributed by atoms with E-state index in [2.05, 4.69) is 15.4 Å². The lowest BCUT2D eigenvalue weighted by molar-refractivity contribution is 0.100. The van der Waals surface area contributed by atoms with Gasteiger partial charge in [0.15, 0.2) is 28.6 Å². The fourth-order valence-corrected chi connectivity index (χ4v) is 3.23. The van der Waals surface area contributed by atoms with Crippen molar-refractivity contribution in [2.24, 2.45) is 0 Å². The summed E-state index contributed by atoms with van der Waals surface area (Å²) in [6.07, 6.45) is 1.65. The maximum atomic E-state index is 12.8. The van der Waals surface area contributed by atoms with Crippen LogP contribution in [0.3, 0.4) is 0 Å². The lowest BCUT2D eigenvalue weighted by Crippen LogP contribution is -2.13. The smallest absolute Gasteiger partial charge is 0.276 e. The van der Waals surface area contributed by atoms with Crippen molar-refractivity contribution in [3.8, 4) is 22.8 Å². The number of carbonyl (C=O) groups excluding carboxylic acids is 2. The summed E-state index contributed by atoms with van der Waals surface area (Å²) in [6, 6.07) is 15.7. The van der Waals surface area contributed by atoms with Gasteiger partial charge in [-0.25, -0.2) is 9.50 Å². The SMILES string of the molecule is COc1ccc(-c2ccnc3cc(C(=O)Nc4cccc(C(C)=O)c4)nn23)cc1OC. The van der Waals surface area contributed by atoms with Gasteiger partial charge >= 0.3 is 0 Å². The maximum absolute atomic E-state index is 12.8. The molecule has 0 fully saturated rings. The third-order valence-electron chi connectivity index (χ3n) is 4.80. The molecule has 0 unspecified atom stereocenters. The number of anilines is 1. The molecular formula is C23H20N4O4. The molecule has 0 atom stereocenters. The lowest BCUT2D eigenvalue weighted by Gasteiger charge is -2.10. The summed E-state index contributed by atoms with van der Waals surface area (Å²) in [7, 11) is 3.15. The number of rotatable bonds is 6. The molecular weight excluding hydrogens is 396 g/mol. The van der Waals surface area contributed by atoms with Gasteiger partial charge < -0.3 is 14.8 Å². The molecule has 8 nitrogen and oxygen atoms in total. The van der Waals surface area contributed by atoms with Gasteiger partial charge in [0.25, 0.3) is 5.91 Å². The summed E-state index contributed by atoms with van der Waals surface area (Å²) < 4.78 is 12.3. The first kappa shape index (κ1) is 20.1. The Morgan fingerprint density at radius 2 is 1.77 bits per heavy atom. The van der Waals surface area contributed by atoms with Crippen LogP contribution in [0.25, 0.3) is 16.9 Å². The molecule has 0 bridgehead atoms. The molecule has 4 aromatic rings. The number of carbonyl (C=O) groups is 2. The number of Topliss-reactive ketones (excluding diaryl/α,β-unsaturated/α-hetero) is 1. The minimum Gasteiger partial charge on any atom is -0.493 e. The quantitative estimate of drug-likeness (QED) is 0.480. The van der Waals surface area contributed by atoms with E-state index in [9.17, 15) is 9.59 Å². The lowest BCUT2D eigenvalue weighted by atomic mass is 10.1. The fourth-order valence-electron chi connectivity index (χ4n) is 3.23. The van der Waals surface area contributed by atoms with Crippen LogP contribution < -0.4 is 14.8 Å². The Hall–Kier alpha value is -4.20. The summed E-state index contributed by atoms with van der Waals surface area (Å²) in [4.78, 5) is 28.6. The molecule has 1 N–H and O–H groups in total. The predicted molar refractivity (Wildman–Crippen MR) is 116 cm³/mol. The van der Waals surface area contributed by atoms with Gasteiger partial charge in [0.05, 0.1) is 19.9 Å². The molecule has 0 spiro atoms. The number of benzene rings is 2. The Morgan fingerprint density at radius 1 is 0.968 bits per heavy atom. The molecule has 0 saturated carbocycles. The van der Waals surface area contributed by atoms with Crippen molar-refractivity contribution in [1.82, 2.24) is 14.6 Å². The molecule has 156 valence electrons. The third kappa shape index (κ3) is 3.95. The third-order valence-corrected chi connectivity index (χ3v) is 4.80. The largest absolute Gasteiger partial charge is 0.493 e. The van der Waals surface area contributed by atoms with Gasteiger partial charge in [-0.05, 0) is 43.3 Å². The Morgan fingerprint density at radius 3 is 2.52 bits per heavy atom. The van der Waals surface area contributed by atoms with E-state index in [1.54, 1.807) is 67.4 Å². The van der Waals surface area contributed by atoms with Crippen LogP contribution in [-0.2, 0) is 0 Å². The number of ether oxygens (including phenoxy) is 2. The summed E-state index contributed by atoms with van der Waals surface area (Å²) >= 11 is 0. The Labute approximate surface area is 178 Å². The number of aromatic nitrogens is 3. The van der Waals surface area contributed by atoms with Gasteiger partial charge in [0, 0.05) is 29.1 Å². The molecule has 4 rings (SSSR count). The molecule has 2 heterocycles. The van der Waals surface area contributed by atoms with E-state index >= 15 is 0 Å². The van der Waals surface area contributed by atoms with E-state index in [1.165, 1.54) is 6.92 Å². The molecule has 0 aliphatic carbocycles. The maximum Gasteiger partial charge on any atom is 0.276 e. The highest BCUT2D eigenvalue weighted by molar-refractivity contribution is 6.04. The van der Waals surface area contributed by atoms with Crippen LogP contribution in [-0.4, -0.2) is 40.5 Å². The van der Waals surface area contributed by atoms with Crippen LogP contribution in [0.2, 0.25) is 0 Å². The summed E-state index contributed by atoms with van der Waals surface area (Å²) in [5, 5.41) is 7.22. The number of ketones is 1. The number of amides is 1. The van der Waals surface area contributed by atoms with Gasteiger partial charge in [-0.1, -0.05) is 12.1 Å². The van der Waals surface area contributed by atoms with Crippen molar-refractivity contribution in [3.05, 3.63) is 72.1 Å². The minimum atomic E-state index is -0.399. The first-order chi connectivity index (χ1) is 15.0. The highest BCUT2D eigenvalue weighted by atomic mass is 16.5. The van der Waals surface area contributed by atoms with Crippen molar-refractivity contribution in [2.75, 3.05) is 19.5 Å². The van der Waals surface area contributed by atoms with Crippen molar-refractivity contribution in [3.63, 3.8) is 0 Å². The normalized spacial score (nSPS) is 10.7. The zero-order chi connectivity index (χ0) is 22.0. The predicted octanol–water partition coefficient (Wildman–Crippen LogP) is 3.87. The average Bonchev–Trinajstić information content (AvgIpc) is 3.23. The van der Waals surface area contributed by atoms with Crippen LogP contribution >= 0.6 is 0 Å². The highest BCUT2D eigenvalue weighted by Crippen LogP contribution is 2.32. The molecule has 8 heteroatoms. The summed E-state index contributed by atoms with van der Waals surface area (Å²) in [5.41, 5.74) is 3.33. The van der Waals surface area contributed by atoms with Crippen molar-refractivity contribution < 1.29 is 19.1 Å². The second kappa shape index (κ2) is 8.27. The van der Waals surface area contributed by atoms with Crippen molar-refractivity contribution in [2.45, 2.75) is 6.92 Å². The average molecular weight is 416 g/mol.